The second-order valence-corrected chi connectivity index (χ2v) is 5.91. The molecule has 6 nitrogen and oxygen atoms in total. The Morgan fingerprint density at radius 2 is 2.14 bits per heavy atom. The van der Waals surface area contributed by atoms with E-state index in [1.165, 1.54) is 6.20 Å². The second-order valence-electron chi connectivity index (χ2n) is 5.91. The van der Waals surface area contributed by atoms with Gasteiger partial charge in [-0.25, -0.2) is 4.98 Å². The SMILES string of the molecule is CCC(C)Oc1cc(C(=O)NCCC(C)(C)C(=O)O)ccn1. The number of hydrogen-bond donors (Lipinski definition) is 2. The Morgan fingerprint density at radius 3 is 2.73 bits per heavy atom. The van der Waals surface area contributed by atoms with Crippen LogP contribution in [0.1, 0.15) is 50.9 Å². The molecule has 22 heavy (non-hydrogen) atoms. The monoisotopic (exact) mass is 308 g/mol. The Labute approximate surface area is 130 Å². The largest absolute Gasteiger partial charge is 0.481 e. The second kappa shape index (κ2) is 7.77. The maximum absolute atomic E-state index is 12.1. The molecule has 1 rings (SSSR count). The zero-order chi connectivity index (χ0) is 16.8. The first-order valence-electron chi connectivity index (χ1n) is 7.40. The number of pyridine rings is 1. The molecular formula is C16H24N2O4. The van der Waals surface area contributed by atoms with Crippen molar-refractivity contribution >= 4 is 11.9 Å². The fraction of sp³-hybridized carbons (Fsp3) is 0.562. The molecule has 0 saturated heterocycles. The van der Waals surface area contributed by atoms with Gasteiger partial charge in [-0.05, 0) is 39.7 Å². The van der Waals surface area contributed by atoms with E-state index in [0.29, 0.717) is 24.4 Å². The molecule has 0 aliphatic rings. The fourth-order valence-corrected chi connectivity index (χ4v) is 1.60. The third-order valence-electron chi connectivity index (χ3n) is 3.51. The van der Waals surface area contributed by atoms with Crippen molar-refractivity contribution in [2.75, 3.05) is 6.54 Å². The number of carboxylic acids is 1. The maximum atomic E-state index is 12.1. The number of carbonyl (C=O) groups excluding carboxylic acids is 1. The Morgan fingerprint density at radius 1 is 1.45 bits per heavy atom. The summed E-state index contributed by atoms with van der Waals surface area (Å²) in [5.41, 5.74) is -0.419. The number of carbonyl (C=O) groups is 2. The van der Waals surface area contributed by atoms with E-state index in [4.69, 9.17) is 9.84 Å². The summed E-state index contributed by atoms with van der Waals surface area (Å²) in [5, 5.41) is 11.7. The molecule has 0 fully saturated rings. The third-order valence-corrected chi connectivity index (χ3v) is 3.51. The standard InChI is InChI=1S/C16H24N2O4/c1-5-11(2)22-13-10-12(6-8-17-13)14(19)18-9-7-16(3,4)15(20)21/h6,8,10-11H,5,7,9H2,1-4H3,(H,18,19)(H,20,21). The van der Waals surface area contributed by atoms with Gasteiger partial charge in [-0.1, -0.05) is 6.92 Å². The highest BCUT2D eigenvalue weighted by molar-refractivity contribution is 5.94. The summed E-state index contributed by atoms with van der Waals surface area (Å²) < 4.78 is 5.58. The van der Waals surface area contributed by atoms with Crippen LogP contribution in [0.3, 0.4) is 0 Å². The number of carboxylic acid groups (broad SMARTS) is 1. The first-order valence-corrected chi connectivity index (χ1v) is 7.40. The molecule has 0 bridgehead atoms. The molecule has 0 saturated carbocycles. The molecule has 1 aromatic heterocycles. The minimum Gasteiger partial charge on any atom is -0.481 e. The van der Waals surface area contributed by atoms with E-state index >= 15 is 0 Å². The Hall–Kier alpha value is -2.11. The smallest absolute Gasteiger partial charge is 0.309 e. The quantitative estimate of drug-likeness (QED) is 0.770. The topological polar surface area (TPSA) is 88.5 Å². The van der Waals surface area contributed by atoms with Crippen molar-refractivity contribution in [1.29, 1.82) is 0 Å². The van der Waals surface area contributed by atoms with Gasteiger partial charge in [-0.2, -0.15) is 0 Å². The summed E-state index contributed by atoms with van der Waals surface area (Å²) in [4.78, 5) is 27.1. The molecule has 6 heteroatoms. The number of aliphatic carboxylic acids is 1. The summed E-state index contributed by atoms with van der Waals surface area (Å²) in [7, 11) is 0. The number of amides is 1. The van der Waals surface area contributed by atoms with Crippen LogP contribution in [0.4, 0.5) is 0 Å². The van der Waals surface area contributed by atoms with Crippen molar-refractivity contribution in [1.82, 2.24) is 10.3 Å². The van der Waals surface area contributed by atoms with Gasteiger partial charge in [-0.3, -0.25) is 9.59 Å². The molecule has 122 valence electrons. The number of hydrogen-bond acceptors (Lipinski definition) is 4. The molecule has 2 N–H and O–H groups in total. The summed E-state index contributed by atoms with van der Waals surface area (Å²) in [6.07, 6.45) is 2.76. The highest BCUT2D eigenvalue weighted by Crippen LogP contribution is 2.19. The molecule has 1 aromatic rings. The van der Waals surface area contributed by atoms with Gasteiger partial charge in [-0.15, -0.1) is 0 Å². The highest BCUT2D eigenvalue weighted by Gasteiger charge is 2.26. The van der Waals surface area contributed by atoms with Crippen molar-refractivity contribution in [3.05, 3.63) is 23.9 Å². The van der Waals surface area contributed by atoms with Crippen LogP contribution in [0.5, 0.6) is 5.88 Å². The van der Waals surface area contributed by atoms with Gasteiger partial charge in [0.15, 0.2) is 0 Å². The summed E-state index contributed by atoms with van der Waals surface area (Å²) in [5.74, 6) is -0.736. The van der Waals surface area contributed by atoms with Gasteiger partial charge in [0.1, 0.15) is 0 Å². The molecule has 0 aliphatic carbocycles. The molecular weight excluding hydrogens is 284 g/mol. The van der Waals surface area contributed by atoms with Gasteiger partial charge in [0, 0.05) is 24.4 Å². The van der Waals surface area contributed by atoms with E-state index in [1.807, 2.05) is 13.8 Å². The minimum absolute atomic E-state index is 0.0298. The molecule has 0 aliphatic heterocycles. The van der Waals surface area contributed by atoms with Gasteiger partial charge in [0.05, 0.1) is 11.5 Å². The maximum Gasteiger partial charge on any atom is 0.309 e. The Balaban J connectivity index is 2.59. The first-order chi connectivity index (χ1) is 10.3. The van der Waals surface area contributed by atoms with Crippen molar-refractivity contribution in [3.63, 3.8) is 0 Å². The van der Waals surface area contributed by atoms with Gasteiger partial charge in [0.25, 0.3) is 5.91 Å². The van der Waals surface area contributed by atoms with E-state index in [2.05, 4.69) is 10.3 Å². The lowest BCUT2D eigenvalue weighted by atomic mass is 9.90. The van der Waals surface area contributed by atoms with E-state index in [9.17, 15) is 9.59 Å². The lowest BCUT2D eigenvalue weighted by Gasteiger charge is -2.19. The number of nitrogens with one attached hydrogen (secondary N) is 1. The fourth-order valence-electron chi connectivity index (χ4n) is 1.60. The molecule has 1 atom stereocenters. The third kappa shape index (κ3) is 5.35. The van der Waals surface area contributed by atoms with E-state index < -0.39 is 11.4 Å². The number of aromatic nitrogens is 1. The number of rotatable bonds is 8. The van der Waals surface area contributed by atoms with E-state index in [-0.39, 0.29) is 12.0 Å². The minimum atomic E-state index is -0.880. The van der Waals surface area contributed by atoms with Crippen molar-refractivity contribution in [3.8, 4) is 5.88 Å². The van der Waals surface area contributed by atoms with Crippen molar-refractivity contribution in [2.45, 2.75) is 46.6 Å². The van der Waals surface area contributed by atoms with Gasteiger partial charge >= 0.3 is 5.97 Å². The lowest BCUT2D eigenvalue weighted by molar-refractivity contribution is -0.147. The van der Waals surface area contributed by atoms with Crippen LogP contribution >= 0.6 is 0 Å². The summed E-state index contributed by atoms with van der Waals surface area (Å²) >= 11 is 0. The van der Waals surface area contributed by atoms with Gasteiger partial charge < -0.3 is 15.2 Å². The average Bonchev–Trinajstić information content (AvgIpc) is 2.46. The lowest BCUT2D eigenvalue weighted by Crippen LogP contribution is -2.32. The predicted molar refractivity (Wildman–Crippen MR) is 83.0 cm³/mol. The zero-order valence-electron chi connectivity index (χ0n) is 13.5. The molecule has 1 amide bonds. The Kier molecular flexibility index (Phi) is 6.34. The van der Waals surface area contributed by atoms with Crippen LogP contribution < -0.4 is 10.1 Å². The average molecular weight is 308 g/mol. The van der Waals surface area contributed by atoms with Crippen LogP contribution in [0.25, 0.3) is 0 Å². The van der Waals surface area contributed by atoms with Crippen LogP contribution in [-0.4, -0.2) is 34.6 Å². The van der Waals surface area contributed by atoms with E-state index in [0.717, 1.165) is 6.42 Å². The Bertz CT molecular complexity index is 529. The normalized spacial score (nSPS) is 12.5. The number of ether oxygens (including phenoxy) is 1. The van der Waals surface area contributed by atoms with Crippen LogP contribution in [0.2, 0.25) is 0 Å². The van der Waals surface area contributed by atoms with Crippen molar-refractivity contribution < 1.29 is 19.4 Å². The van der Waals surface area contributed by atoms with Crippen molar-refractivity contribution in [2.24, 2.45) is 5.41 Å². The van der Waals surface area contributed by atoms with Gasteiger partial charge in [0.2, 0.25) is 5.88 Å². The molecule has 0 radical (unpaired) electrons. The van der Waals surface area contributed by atoms with Crippen LogP contribution in [0, 0.1) is 5.41 Å². The first kappa shape index (κ1) is 17.9. The predicted octanol–water partition coefficient (Wildman–Crippen LogP) is 2.49. The molecule has 0 aromatic carbocycles. The summed E-state index contributed by atoms with van der Waals surface area (Å²) in [6, 6.07) is 3.19. The number of nitrogens with zero attached hydrogens (tertiary/aromatic N) is 1. The molecule has 1 unspecified atom stereocenters. The van der Waals surface area contributed by atoms with Crippen LogP contribution in [0.15, 0.2) is 18.3 Å². The molecule has 1 heterocycles. The zero-order valence-corrected chi connectivity index (χ0v) is 13.5. The van der Waals surface area contributed by atoms with Crippen LogP contribution in [-0.2, 0) is 4.79 Å². The van der Waals surface area contributed by atoms with E-state index in [1.54, 1.807) is 26.0 Å². The highest BCUT2D eigenvalue weighted by atomic mass is 16.5. The molecule has 0 spiro atoms. The summed E-state index contributed by atoms with van der Waals surface area (Å²) in [6.45, 7) is 7.49.